The molecule has 2 bridgehead atoms. The second kappa shape index (κ2) is 9.09. The Balaban J connectivity index is 1.74. The molecule has 0 spiro atoms. The van der Waals surface area contributed by atoms with Crippen LogP contribution in [-0.4, -0.2) is 37.7 Å². The molecule has 0 N–H and O–H groups in total. The van der Waals surface area contributed by atoms with Gasteiger partial charge in [-0.25, -0.2) is 4.79 Å². The molecule has 0 amide bonds. The van der Waals surface area contributed by atoms with Crippen molar-refractivity contribution in [1.82, 2.24) is 4.90 Å². The largest absolute Gasteiger partial charge is 0.496 e. The fraction of sp³-hybridized carbons (Fsp3) is 0.480. The van der Waals surface area contributed by atoms with Crippen molar-refractivity contribution in [2.24, 2.45) is 5.92 Å². The number of fused-ring (bicyclic) bond motifs is 2. The summed E-state index contributed by atoms with van der Waals surface area (Å²) in [5, 5.41) is 0. The standard InChI is InChI=1S/C25H31NO4/c1-4-5-15-29-21-16-20(23-18-11-13-26(23)14-12-18)24(28-3)17(2)22(21)25(27)30-19-9-7-6-8-10-19/h6-10,16,18,23H,4-5,11-15H2,1-3H3. The predicted molar refractivity (Wildman–Crippen MR) is 117 cm³/mol. The number of hydrogen-bond acceptors (Lipinski definition) is 5. The third kappa shape index (κ3) is 3.91. The Kier molecular flexibility index (Phi) is 6.28. The molecule has 160 valence electrons. The Morgan fingerprint density at radius 1 is 1.17 bits per heavy atom. The molecule has 30 heavy (non-hydrogen) atoms. The SMILES string of the molecule is CCCCOc1cc(C2C3CCN2CC3)c(OC)c(C)c1C(=O)Oc1ccccc1. The van der Waals surface area contributed by atoms with Crippen LogP contribution in [0.5, 0.6) is 17.2 Å². The summed E-state index contributed by atoms with van der Waals surface area (Å²) in [7, 11) is 1.68. The monoisotopic (exact) mass is 409 g/mol. The van der Waals surface area contributed by atoms with Crippen molar-refractivity contribution in [3.8, 4) is 17.2 Å². The molecule has 4 rings (SSSR count). The highest BCUT2D eigenvalue weighted by Crippen LogP contribution is 2.50. The second-order valence-electron chi connectivity index (χ2n) is 8.22. The molecular formula is C25H31NO4. The highest BCUT2D eigenvalue weighted by Gasteiger charge is 2.43. The van der Waals surface area contributed by atoms with Crippen LogP contribution < -0.4 is 14.2 Å². The van der Waals surface area contributed by atoms with Gasteiger partial charge in [0, 0.05) is 17.2 Å². The minimum absolute atomic E-state index is 0.339. The van der Waals surface area contributed by atoms with Gasteiger partial charge in [0.2, 0.25) is 0 Å². The van der Waals surface area contributed by atoms with Crippen LogP contribution in [0.2, 0.25) is 0 Å². The van der Waals surface area contributed by atoms with Gasteiger partial charge < -0.3 is 14.2 Å². The number of carbonyl (C=O) groups excluding carboxylic acids is 1. The highest BCUT2D eigenvalue weighted by atomic mass is 16.5. The number of ether oxygens (including phenoxy) is 3. The maximum atomic E-state index is 13.2. The number of para-hydroxylation sites is 1. The van der Waals surface area contributed by atoms with Crippen LogP contribution in [0.1, 0.15) is 60.1 Å². The second-order valence-corrected chi connectivity index (χ2v) is 8.22. The minimum Gasteiger partial charge on any atom is -0.496 e. The van der Waals surface area contributed by atoms with Crippen LogP contribution in [0.3, 0.4) is 0 Å². The zero-order chi connectivity index (χ0) is 21.1. The van der Waals surface area contributed by atoms with E-state index in [9.17, 15) is 4.79 Å². The zero-order valence-corrected chi connectivity index (χ0v) is 18.1. The van der Waals surface area contributed by atoms with Gasteiger partial charge in [0.15, 0.2) is 0 Å². The van der Waals surface area contributed by atoms with Gasteiger partial charge in [-0.3, -0.25) is 4.90 Å². The third-order valence-corrected chi connectivity index (χ3v) is 6.36. The van der Waals surface area contributed by atoms with Gasteiger partial charge in [-0.2, -0.15) is 0 Å². The van der Waals surface area contributed by atoms with E-state index in [-0.39, 0.29) is 0 Å². The van der Waals surface area contributed by atoms with E-state index in [1.807, 2.05) is 31.2 Å². The molecule has 1 unspecified atom stereocenters. The fourth-order valence-corrected chi connectivity index (χ4v) is 4.89. The van der Waals surface area contributed by atoms with Gasteiger partial charge in [0.1, 0.15) is 22.8 Å². The van der Waals surface area contributed by atoms with Crippen LogP contribution in [0.4, 0.5) is 0 Å². The molecule has 5 nitrogen and oxygen atoms in total. The van der Waals surface area contributed by atoms with Gasteiger partial charge in [-0.1, -0.05) is 31.5 Å². The molecule has 0 radical (unpaired) electrons. The van der Waals surface area contributed by atoms with Crippen molar-refractivity contribution in [3.05, 3.63) is 53.1 Å². The number of methoxy groups -OCH3 is 1. The number of nitrogens with zero attached hydrogens (tertiary/aromatic N) is 1. The van der Waals surface area contributed by atoms with E-state index in [1.54, 1.807) is 19.2 Å². The van der Waals surface area contributed by atoms with Crippen molar-refractivity contribution in [3.63, 3.8) is 0 Å². The van der Waals surface area contributed by atoms with Crippen molar-refractivity contribution in [1.29, 1.82) is 0 Å². The van der Waals surface area contributed by atoms with Crippen LogP contribution in [0.15, 0.2) is 36.4 Å². The van der Waals surface area contributed by atoms with E-state index in [4.69, 9.17) is 14.2 Å². The Morgan fingerprint density at radius 2 is 1.90 bits per heavy atom. The Labute approximate surface area is 178 Å². The van der Waals surface area contributed by atoms with Crippen molar-refractivity contribution < 1.29 is 19.0 Å². The lowest BCUT2D eigenvalue weighted by molar-refractivity contribution is 0.0728. The molecule has 2 aliphatic heterocycles. The Bertz CT molecular complexity index is 876. The number of hydrogen-bond donors (Lipinski definition) is 0. The number of benzene rings is 2. The van der Waals surface area contributed by atoms with Gasteiger partial charge in [0.05, 0.1) is 13.7 Å². The molecule has 0 aliphatic carbocycles. The lowest BCUT2D eigenvalue weighted by Gasteiger charge is -2.25. The fourth-order valence-electron chi connectivity index (χ4n) is 4.89. The maximum absolute atomic E-state index is 13.2. The topological polar surface area (TPSA) is 48.0 Å². The molecule has 0 aromatic heterocycles. The lowest BCUT2D eigenvalue weighted by atomic mass is 9.90. The van der Waals surface area contributed by atoms with E-state index in [0.29, 0.717) is 35.6 Å². The van der Waals surface area contributed by atoms with Gasteiger partial charge in [-0.05, 0) is 63.4 Å². The molecule has 2 aromatic rings. The lowest BCUT2D eigenvalue weighted by Crippen LogP contribution is -2.21. The molecule has 2 saturated heterocycles. The van der Waals surface area contributed by atoms with Crippen molar-refractivity contribution in [2.45, 2.75) is 45.6 Å². The first-order valence-corrected chi connectivity index (χ1v) is 11.0. The Morgan fingerprint density at radius 3 is 2.50 bits per heavy atom. The van der Waals surface area contributed by atoms with Gasteiger partial charge >= 0.3 is 5.97 Å². The number of rotatable bonds is 8. The quantitative estimate of drug-likeness (QED) is 0.342. The average Bonchev–Trinajstić information content (AvgIpc) is 3.34. The third-order valence-electron chi connectivity index (χ3n) is 6.36. The summed E-state index contributed by atoms with van der Waals surface area (Å²) in [6.45, 7) is 6.89. The van der Waals surface area contributed by atoms with Crippen LogP contribution in [0.25, 0.3) is 0 Å². The Hall–Kier alpha value is -2.53. The summed E-state index contributed by atoms with van der Waals surface area (Å²) in [6.07, 6.45) is 4.41. The van der Waals surface area contributed by atoms with E-state index in [1.165, 1.54) is 12.8 Å². The molecule has 2 aliphatic rings. The molecule has 2 heterocycles. The smallest absolute Gasteiger partial charge is 0.347 e. The highest BCUT2D eigenvalue weighted by molar-refractivity contribution is 5.96. The summed E-state index contributed by atoms with van der Waals surface area (Å²) < 4.78 is 17.6. The van der Waals surface area contributed by atoms with E-state index in [0.717, 1.165) is 42.8 Å². The normalized spacial score (nSPS) is 22.2. The molecular weight excluding hydrogens is 378 g/mol. The predicted octanol–water partition coefficient (Wildman–Crippen LogP) is 5.17. The van der Waals surface area contributed by atoms with E-state index in [2.05, 4.69) is 11.8 Å². The zero-order valence-electron chi connectivity index (χ0n) is 18.1. The first-order chi connectivity index (χ1) is 14.6. The summed E-state index contributed by atoms with van der Waals surface area (Å²) >= 11 is 0. The van der Waals surface area contributed by atoms with Crippen molar-refractivity contribution >= 4 is 5.97 Å². The van der Waals surface area contributed by atoms with Crippen LogP contribution >= 0.6 is 0 Å². The molecule has 1 atom stereocenters. The summed E-state index contributed by atoms with van der Waals surface area (Å²) in [5.74, 6) is 2.13. The van der Waals surface area contributed by atoms with Crippen molar-refractivity contribution in [2.75, 3.05) is 26.8 Å². The van der Waals surface area contributed by atoms with Gasteiger partial charge in [0.25, 0.3) is 0 Å². The maximum Gasteiger partial charge on any atom is 0.347 e. The summed E-state index contributed by atoms with van der Waals surface area (Å²) in [6, 6.07) is 11.5. The number of carbonyl (C=O) groups is 1. The molecule has 2 fully saturated rings. The van der Waals surface area contributed by atoms with Crippen LogP contribution in [0, 0.1) is 12.8 Å². The first-order valence-electron chi connectivity index (χ1n) is 11.0. The number of unbranched alkanes of at least 4 members (excludes halogenated alkanes) is 1. The molecule has 5 heteroatoms. The molecule has 2 aromatic carbocycles. The van der Waals surface area contributed by atoms with E-state index < -0.39 is 5.97 Å². The van der Waals surface area contributed by atoms with E-state index >= 15 is 0 Å². The summed E-state index contributed by atoms with van der Waals surface area (Å²) in [5.41, 5.74) is 2.38. The first kappa shape index (κ1) is 20.7. The average molecular weight is 410 g/mol. The summed E-state index contributed by atoms with van der Waals surface area (Å²) in [4.78, 5) is 15.7. The van der Waals surface area contributed by atoms with Crippen LogP contribution in [-0.2, 0) is 0 Å². The number of piperidine rings is 1. The van der Waals surface area contributed by atoms with Gasteiger partial charge in [-0.15, -0.1) is 0 Å². The minimum atomic E-state index is -0.412. The molecule has 0 saturated carbocycles. The number of esters is 1.